The van der Waals surface area contributed by atoms with Crippen LogP contribution in [0.1, 0.15) is 31.9 Å². The second-order valence-electron chi connectivity index (χ2n) is 7.30. The van der Waals surface area contributed by atoms with E-state index in [0.29, 0.717) is 26.4 Å². The van der Waals surface area contributed by atoms with Crippen LogP contribution < -0.4 is 10.1 Å². The van der Waals surface area contributed by atoms with Gasteiger partial charge in [0.15, 0.2) is 6.61 Å². The van der Waals surface area contributed by atoms with Crippen LogP contribution >= 0.6 is 34.8 Å². The van der Waals surface area contributed by atoms with E-state index in [1.54, 1.807) is 43.3 Å². The number of nitrogens with one attached hydrogen (secondary N) is 1. The summed E-state index contributed by atoms with van der Waals surface area (Å²) in [5.74, 6) is -0.0835. The highest BCUT2D eigenvalue weighted by Gasteiger charge is 2.27. The normalized spacial score (nSPS) is 11.9. The topological polar surface area (TPSA) is 58.6 Å². The summed E-state index contributed by atoms with van der Waals surface area (Å²) in [6.45, 7) is 7.16. The van der Waals surface area contributed by atoms with Crippen LogP contribution in [0.4, 0.5) is 0 Å². The lowest BCUT2D eigenvalue weighted by Crippen LogP contribution is -2.50. The van der Waals surface area contributed by atoms with Crippen LogP contribution in [0.2, 0.25) is 15.1 Å². The highest BCUT2D eigenvalue weighted by molar-refractivity contribution is 6.35. The minimum absolute atomic E-state index is 0.0516. The van der Waals surface area contributed by atoms with Crippen molar-refractivity contribution in [2.24, 2.45) is 0 Å². The second kappa shape index (κ2) is 10.9. The third-order valence-electron chi connectivity index (χ3n) is 4.45. The molecule has 0 heterocycles. The number of nitrogens with zero attached hydrogens (tertiary/aromatic N) is 1. The highest BCUT2D eigenvalue weighted by Crippen LogP contribution is 2.24. The molecule has 0 aliphatic carbocycles. The molecule has 0 saturated heterocycles. The van der Waals surface area contributed by atoms with Crippen molar-refractivity contribution in [1.29, 1.82) is 0 Å². The van der Waals surface area contributed by atoms with Crippen LogP contribution in [0.5, 0.6) is 5.75 Å². The number of amides is 2. The fourth-order valence-electron chi connectivity index (χ4n) is 2.76. The number of benzene rings is 2. The Morgan fingerprint density at radius 3 is 2.33 bits per heavy atom. The second-order valence-corrected chi connectivity index (χ2v) is 8.55. The zero-order valence-corrected chi connectivity index (χ0v) is 19.6. The van der Waals surface area contributed by atoms with Crippen molar-refractivity contribution in [1.82, 2.24) is 10.2 Å². The Kier molecular flexibility index (Phi) is 8.83. The zero-order valence-electron chi connectivity index (χ0n) is 17.3. The van der Waals surface area contributed by atoms with Gasteiger partial charge in [0.1, 0.15) is 11.8 Å². The Bertz CT molecular complexity index is 918. The predicted octanol–water partition coefficient (Wildman–Crippen LogP) is 5.28. The first kappa shape index (κ1) is 24.3. The fraction of sp³-hybridized carbons (Fsp3) is 0.364. The molecule has 0 spiro atoms. The molecular formula is C22H25Cl3N2O3. The lowest BCUT2D eigenvalue weighted by molar-refractivity contribution is -0.142. The summed E-state index contributed by atoms with van der Waals surface area (Å²) in [7, 11) is 0. The number of hydrogen-bond acceptors (Lipinski definition) is 3. The summed E-state index contributed by atoms with van der Waals surface area (Å²) in [6.07, 6.45) is 0. The van der Waals surface area contributed by atoms with Gasteiger partial charge in [-0.2, -0.15) is 0 Å². The minimum Gasteiger partial charge on any atom is -0.484 e. The van der Waals surface area contributed by atoms with E-state index in [9.17, 15) is 9.59 Å². The molecule has 2 aromatic carbocycles. The molecule has 5 nitrogen and oxygen atoms in total. The molecule has 2 rings (SSSR count). The maximum Gasteiger partial charge on any atom is 0.261 e. The van der Waals surface area contributed by atoms with Crippen LogP contribution in [0.25, 0.3) is 0 Å². The molecule has 162 valence electrons. The molecule has 0 unspecified atom stereocenters. The van der Waals surface area contributed by atoms with Crippen LogP contribution in [0, 0.1) is 6.92 Å². The maximum atomic E-state index is 13.0. The van der Waals surface area contributed by atoms with Gasteiger partial charge in [-0.3, -0.25) is 9.59 Å². The molecule has 0 saturated carbocycles. The van der Waals surface area contributed by atoms with Crippen molar-refractivity contribution in [3.63, 3.8) is 0 Å². The lowest BCUT2D eigenvalue weighted by atomic mass is 10.1. The summed E-state index contributed by atoms with van der Waals surface area (Å²) in [4.78, 5) is 27.0. The third kappa shape index (κ3) is 6.79. The quantitative estimate of drug-likeness (QED) is 0.570. The van der Waals surface area contributed by atoms with Crippen LogP contribution in [0.3, 0.4) is 0 Å². The van der Waals surface area contributed by atoms with Crippen LogP contribution in [-0.4, -0.2) is 35.4 Å². The number of aryl methyl sites for hydroxylation is 1. The molecule has 30 heavy (non-hydrogen) atoms. The van der Waals surface area contributed by atoms with E-state index < -0.39 is 6.04 Å². The highest BCUT2D eigenvalue weighted by atomic mass is 35.5. The molecule has 2 aromatic rings. The van der Waals surface area contributed by atoms with Gasteiger partial charge >= 0.3 is 0 Å². The molecular weight excluding hydrogens is 447 g/mol. The van der Waals surface area contributed by atoms with Gasteiger partial charge in [-0.1, -0.05) is 40.9 Å². The first-order valence-corrected chi connectivity index (χ1v) is 10.6. The molecule has 0 aromatic heterocycles. The van der Waals surface area contributed by atoms with Gasteiger partial charge in [-0.05, 0) is 69.2 Å². The minimum atomic E-state index is -0.720. The monoisotopic (exact) mass is 470 g/mol. The number of halogens is 3. The molecule has 1 atom stereocenters. The van der Waals surface area contributed by atoms with E-state index in [4.69, 9.17) is 39.5 Å². The average molecular weight is 472 g/mol. The molecule has 2 amide bonds. The van der Waals surface area contributed by atoms with Crippen molar-refractivity contribution in [3.05, 3.63) is 62.6 Å². The van der Waals surface area contributed by atoms with Crippen molar-refractivity contribution in [2.75, 3.05) is 6.61 Å². The van der Waals surface area contributed by atoms with Gasteiger partial charge in [0.05, 0.1) is 0 Å². The summed E-state index contributed by atoms with van der Waals surface area (Å²) in [5, 5.41) is 4.37. The SMILES string of the molecule is Cc1cc(OCC(=O)N(Cc2ccc(Cl)cc2Cl)[C@H](C)C(=O)NC(C)C)ccc1Cl. The maximum absolute atomic E-state index is 13.0. The lowest BCUT2D eigenvalue weighted by Gasteiger charge is -2.29. The van der Waals surface area contributed by atoms with Gasteiger partial charge in [0.2, 0.25) is 5.91 Å². The smallest absolute Gasteiger partial charge is 0.261 e. The standard InChI is InChI=1S/C22H25Cl3N2O3/c1-13(2)26-22(29)15(4)27(11-16-5-6-17(23)10-20(16)25)21(28)12-30-18-7-8-19(24)14(3)9-18/h5-10,13,15H,11-12H2,1-4H3,(H,26,29)/t15-/m1/s1. The Balaban J connectivity index is 2.20. The van der Waals surface area contributed by atoms with Crippen LogP contribution in [-0.2, 0) is 16.1 Å². The van der Waals surface area contributed by atoms with Crippen molar-refractivity contribution in [3.8, 4) is 5.75 Å². The fourth-order valence-corrected chi connectivity index (χ4v) is 3.34. The number of hydrogen-bond donors (Lipinski definition) is 1. The first-order valence-electron chi connectivity index (χ1n) is 9.51. The largest absolute Gasteiger partial charge is 0.484 e. The molecule has 8 heteroatoms. The Morgan fingerprint density at radius 1 is 1.03 bits per heavy atom. The van der Waals surface area contributed by atoms with Gasteiger partial charge in [-0.15, -0.1) is 0 Å². The van der Waals surface area contributed by atoms with Crippen molar-refractivity contribution in [2.45, 2.75) is 46.3 Å². The van der Waals surface area contributed by atoms with E-state index in [1.807, 2.05) is 20.8 Å². The molecule has 0 aliphatic heterocycles. The summed E-state index contributed by atoms with van der Waals surface area (Å²) in [5.41, 5.74) is 1.53. The van der Waals surface area contributed by atoms with E-state index >= 15 is 0 Å². The molecule has 0 bridgehead atoms. The molecule has 0 aliphatic rings. The molecule has 0 radical (unpaired) electrons. The molecule has 0 fully saturated rings. The van der Waals surface area contributed by atoms with Gasteiger partial charge in [-0.25, -0.2) is 0 Å². The zero-order chi connectivity index (χ0) is 22.4. The number of carbonyl (C=O) groups excluding carboxylic acids is 2. The summed E-state index contributed by atoms with van der Waals surface area (Å²) in [6, 6.07) is 9.42. The van der Waals surface area contributed by atoms with E-state index in [0.717, 1.165) is 5.56 Å². The van der Waals surface area contributed by atoms with Crippen LogP contribution in [0.15, 0.2) is 36.4 Å². The number of rotatable bonds is 8. The molecule has 1 N–H and O–H groups in total. The third-order valence-corrected chi connectivity index (χ3v) is 5.46. The number of ether oxygens (including phenoxy) is 1. The Morgan fingerprint density at radius 2 is 1.73 bits per heavy atom. The van der Waals surface area contributed by atoms with E-state index in [2.05, 4.69) is 5.32 Å². The Hall–Kier alpha value is -1.95. The van der Waals surface area contributed by atoms with Gasteiger partial charge in [0, 0.05) is 27.7 Å². The number of carbonyl (C=O) groups is 2. The van der Waals surface area contributed by atoms with Gasteiger partial charge < -0.3 is 15.0 Å². The first-order chi connectivity index (χ1) is 14.1. The van der Waals surface area contributed by atoms with Crippen molar-refractivity contribution < 1.29 is 14.3 Å². The predicted molar refractivity (Wildman–Crippen MR) is 121 cm³/mol. The Labute approximate surface area is 192 Å². The average Bonchev–Trinajstić information content (AvgIpc) is 2.67. The van der Waals surface area contributed by atoms with E-state index in [-0.39, 0.29) is 31.0 Å². The van der Waals surface area contributed by atoms with Crippen molar-refractivity contribution >= 4 is 46.6 Å². The summed E-state index contributed by atoms with van der Waals surface area (Å²) >= 11 is 18.3. The summed E-state index contributed by atoms with van der Waals surface area (Å²) < 4.78 is 5.65. The van der Waals surface area contributed by atoms with E-state index in [1.165, 1.54) is 4.90 Å². The van der Waals surface area contributed by atoms with Gasteiger partial charge in [0.25, 0.3) is 5.91 Å².